The molecule has 0 saturated carbocycles. The number of carbonyl (C=O) groups is 1. The van der Waals surface area contributed by atoms with Crippen LogP contribution in [0.15, 0.2) is 24.7 Å². The summed E-state index contributed by atoms with van der Waals surface area (Å²) in [5, 5.41) is 7.10. The first-order valence-electron chi connectivity index (χ1n) is 11.4. The van der Waals surface area contributed by atoms with Gasteiger partial charge in [0.1, 0.15) is 17.2 Å². The summed E-state index contributed by atoms with van der Waals surface area (Å²) < 4.78 is 78.2. The highest BCUT2D eigenvalue weighted by molar-refractivity contribution is 5.90. The number of benzene rings is 1. The first-order valence-corrected chi connectivity index (χ1v) is 11.4. The van der Waals surface area contributed by atoms with Crippen molar-refractivity contribution in [3.8, 4) is 17.0 Å². The first-order chi connectivity index (χ1) is 17.7. The van der Waals surface area contributed by atoms with Gasteiger partial charge in [0.25, 0.3) is 6.43 Å². The monoisotopic (exact) mass is 523 g/mol. The van der Waals surface area contributed by atoms with E-state index in [1.165, 1.54) is 25.0 Å². The lowest BCUT2D eigenvalue weighted by atomic mass is 10.0. The number of amides is 1. The number of fused-ring (bicyclic) bond motifs is 2. The van der Waals surface area contributed by atoms with Gasteiger partial charge < -0.3 is 19.5 Å². The number of methoxy groups -OCH3 is 1. The van der Waals surface area contributed by atoms with E-state index in [0.717, 1.165) is 27.7 Å². The van der Waals surface area contributed by atoms with Crippen LogP contribution < -0.4 is 10.1 Å². The molecule has 1 aliphatic rings. The molecule has 1 fully saturated rings. The lowest BCUT2D eigenvalue weighted by Gasteiger charge is -2.34. The smallest absolute Gasteiger partial charge is 0.256 e. The van der Waals surface area contributed by atoms with Crippen molar-refractivity contribution in [2.24, 2.45) is 0 Å². The van der Waals surface area contributed by atoms with E-state index in [0.29, 0.717) is 13.0 Å². The Bertz CT molecular complexity index is 1490. The van der Waals surface area contributed by atoms with Gasteiger partial charge in [-0.15, -0.1) is 5.10 Å². The molecule has 196 valence electrons. The molecule has 0 spiro atoms. The highest BCUT2D eigenvalue weighted by atomic mass is 19.3. The minimum atomic E-state index is -2.70. The van der Waals surface area contributed by atoms with Crippen molar-refractivity contribution in [3.63, 3.8) is 0 Å². The molecule has 0 aliphatic carbocycles. The molecule has 0 bridgehead atoms. The minimum absolute atomic E-state index is 0.0357. The van der Waals surface area contributed by atoms with E-state index in [1.54, 1.807) is 0 Å². The van der Waals surface area contributed by atoms with Crippen LogP contribution in [0.1, 0.15) is 13.3 Å². The molecule has 9 nitrogen and oxygen atoms in total. The lowest BCUT2D eigenvalue weighted by molar-refractivity contribution is -0.131. The average molecular weight is 523 g/mol. The summed E-state index contributed by atoms with van der Waals surface area (Å²) in [5.41, 5.74) is -0.0543. The van der Waals surface area contributed by atoms with Crippen LogP contribution >= 0.6 is 0 Å². The summed E-state index contributed by atoms with van der Waals surface area (Å²) in [6.45, 7) is 0.938. The fraction of sp³-hybridized carbons (Fsp3) is 0.391. The molecule has 2 atom stereocenters. The fourth-order valence-corrected chi connectivity index (χ4v) is 4.58. The Morgan fingerprint density at radius 3 is 2.73 bits per heavy atom. The second-order valence-corrected chi connectivity index (χ2v) is 8.72. The number of hydrogen-bond acceptors (Lipinski definition) is 6. The predicted octanol–water partition coefficient (Wildman–Crippen LogP) is 3.67. The zero-order valence-corrected chi connectivity index (χ0v) is 19.8. The van der Waals surface area contributed by atoms with Crippen LogP contribution in [-0.4, -0.2) is 73.8 Å². The van der Waals surface area contributed by atoms with E-state index in [2.05, 4.69) is 20.4 Å². The Balaban J connectivity index is 1.54. The molecule has 1 N–H and O–H groups in total. The molecule has 0 radical (unpaired) electrons. The molecule has 1 amide bonds. The third kappa shape index (κ3) is 4.51. The summed E-state index contributed by atoms with van der Waals surface area (Å²) in [6, 6.07) is 1.71. The molecule has 4 heterocycles. The lowest BCUT2D eigenvalue weighted by Crippen LogP contribution is -2.49. The maximum absolute atomic E-state index is 15.2. The number of likely N-dealkylation sites (tertiary alicyclic amines) is 1. The van der Waals surface area contributed by atoms with Gasteiger partial charge in [-0.3, -0.25) is 4.79 Å². The van der Waals surface area contributed by atoms with Gasteiger partial charge >= 0.3 is 0 Å². The van der Waals surface area contributed by atoms with Gasteiger partial charge in [0.15, 0.2) is 11.6 Å². The number of carbonyl (C=O) groups excluding carboxylic acids is 1. The van der Waals surface area contributed by atoms with Crippen molar-refractivity contribution in [2.75, 3.05) is 25.5 Å². The maximum atomic E-state index is 15.2. The molecular formula is C23H22F5N7O2. The van der Waals surface area contributed by atoms with E-state index in [1.807, 2.05) is 0 Å². The van der Waals surface area contributed by atoms with E-state index in [-0.39, 0.29) is 52.0 Å². The standard InChI is InChI=1S/C23H22F5N7O2/c1-11(36)33-4-3-16(14(25)7-33)30-23-31-22(37-2)21-19(15(26)8-35(21)32-23)12-5-13(24)20-17(6-12)34(10-29-20)9-18(27)28/h5-6,8,10,14,16,18H,3-4,7,9H2,1-2H3,(H,30,32)/t14-,16+/m1/s1. The fourth-order valence-electron chi connectivity index (χ4n) is 4.58. The number of aromatic nitrogens is 5. The molecule has 37 heavy (non-hydrogen) atoms. The number of nitrogens with one attached hydrogen (secondary N) is 1. The zero-order valence-electron chi connectivity index (χ0n) is 19.8. The summed E-state index contributed by atoms with van der Waals surface area (Å²) in [5.74, 6) is -1.94. The highest BCUT2D eigenvalue weighted by Gasteiger charge is 2.31. The number of hydrogen-bond donors (Lipinski definition) is 1. The summed E-state index contributed by atoms with van der Waals surface area (Å²) in [4.78, 5) is 21.0. The van der Waals surface area contributed by atoms with E-state index < -0.39 is 36.8 Å². The number of ether oxygens (including phenoxy) is 1. The molecule has 1 aromatic carbocycles. The van der Waals surface area contributed by atoms with Gasteiger partial charge in [-0.05, 0) is 24.1 Å². The zero-order chi connectivity index (χ0) is 26.4. The van der Waals surface area contributed by atoms with Crippen molar-refractivity contribution >= 4 is 28.4 Å². The Kier molecular flexibility index (Phi) is 6.33. The molecule has 1 aliphatic heterocycles. The predicted molar refractivity (Wildman–Crippen MR) is 123 cm³/mol. The largest absolute Gasteiger partial charge is 0.479 e. The van der Waals surface area contributed by atoms with Gasteiger partial charge in [-0.25, -0.2) is 31.5 Å². The number of nitrogens with zero attached hydrogens (tertiary/aromatic N) is 6. The molecule has 14 heteroatoms. The van der Waals surface area contributed by atoms with Gasteiger partial charge in [0.2, 0.25) is 17.7 Å². The number of anilines is 1. The Morgan fingerprint density at radius 1 is 1.27 bits per heavy atom. The van der Waals surface area contributed by atoms with Gasteiger partial charge in [0, 0.05) is 13.5 Å². The van der Waals surface area contributed by atoms with Crippen LogP contribution in [0.25, 0.3) is 27.7 Å². The average Bonchev–Trinajstić information content (AvgIpc) is 3.39. The molecule has 1 saturated heterocycles. The third-order valence-corrected chi connectivity index (χ3v) is 6.35. The van der Waals surface area contributed by atoms with Gasteiger partial charge in [-0.2, -0.15) is 4.98 Å². The summed E-state index contributed by atoms with van der Waals surface area (Å²) in [7, 11) is 1.30. The van der Waals surface area contributed by atoms with E-state index in [9.17, 15) is 22.4 Å². The van der Waals surface area contributed by atoms with E-state index >= 15 is 4.39 Å². The van der Waals surface area contributed by atoms with Crippen molar-refractivity contribution in [1.29, 1.82) is 0 Å². The van der Waals surface area contributed by atoms with E-state index in [4.69, 9.17) is 4.74 Å². The molecule has 3 aromatic heterocycles. The van der Waals surface area contributed by atoms with Crippen LogP contribution in [0.4, 0.5) is 27.9 Å². The van der Waals surface area contributed by atoms with Gasteiger partial charge in [-0.1, -0.05) is 0 Å². The van der Waals surface area contributed by atoms with Crippen LogP contribution in [0.3, 0.4) is 0 Å². The number of rotatable bonds is 6. The number of imidazole rings is 1. The van der Waals surface area contributed by atoms with Gasteiger partial charge in [0.05, 0.1) is 49.8 Å². The Morgan fingerprint density at radius 2 is 2.05 bits per heavy atom. The molecule has 5 rings (SSSR count). The van der Waals surface area contributed by atoms with Crippen molar-refractivity contribution in [3.05, 3.63) is 36.3 Å². The van der Waals surface area contributed by atoms with Crippen LogP contribution in [0.2, 0.25) is 0 Å². The quantitative estimate of drug-likeness (QED) is 0.388. The van der Waals surface area contributed by atoms with Crippen molar-refractivity contribution < 1.29 is 31.5 Å². The summed E-state index contributed by atoms with van der Waals surface area (Å²) in [6.07, 6.45) is -1.65. The number of alkyl halides is 3. The van der Waals surface area contributed by atoms with Crippen LogP contribution in [0, 0.1) is 11.6 Å². The number of piperidine rings is 1. The Labute approximate surface area is 206 Å². The second kappa shape index (κ2) is 9.48. The molecular weight excluding hydrogens is 501 g/mol. The van der Waals surface area contributed by atoms with Crippen LogP contribution in [0.5, 0.6) is 5.88 Å². The SMILES string of the molecule is COc1nc(N[C@H]2CCN(C(C)=O)C[C@H]2F)nn2cc(F)c(-c3cc(F)c4ncn(CC(F)F)c4c3)c12. The normalized spacial score (nSPS) is 18.2. The topological polar surface area (TPSA) is 89.6 Å². The molecule has 0 unspecified atom stereocenters. The van der Waals surface area contributed by atoms with Crippen molar-refractivity contribution in [1.82, 2.24) is 29.0 Å². The second-order valence-electron chi connectivity index (χ2n) is 8.72. The third-order valence-electron chi connectivity index (χ3n) is 6.35. The maximum Gasteiger partial charge on any atom is 0.256 e. The minimum Gasteiger partial charge on any atom is -0.479 e. The Hall–Kier alpha value is -3.97. The summed E-state index contributed by atoms with van der Waals surface area (Å²) >= 11 is 0. The highest BCUT2D eigenvalue weighted by Crippen LogP contribution is 2.36. The first kappa shape index (κ1) is 24.7. The van der Waals surface area contributed by atoms with Crippen LogP contribution in [-0.2, 0) is 11.3 Å². The number of halogens is 5. The van der Waals surface area contributed by atoms with Crippen molar-refractivity contribution in [2.45, 2.75) is 38.5 Å². The molecule has 4 aromatic rings.